The molecule has 146 valence electrons. The molecule has 2 fully saturated rings. The van der Waals surface area contributed by atoms with Gasteiger partial charge in [0.05, 0.1) is 11.0 Å². The maximum atomic E-state index is 13.6. The second kappa shape index (κ2) is 6.71. The number of ketones is 1. The molecule has 0 saturated heterocycles. The normalized spacial score (nSPS) is 30.3. The van der Waals surface area contributed by atoms with Crippen LogP contribution in [0.4, 0.5) is 0 Å². The zero-order valence-corrected chi connectivity index (χ0v) is 17.2. The molecule has 29 heavy (non-hydrogen) atoms. The molecule has 0 spiro atoms. The van der Waals surface area contributed by atoms with E-state index in [2.05, 4.69) is 67.2 Å². The smallest absolute Gasteiger partial charge is 0.146 e. The van der Waals surface area contributed by atoms with Gasteiger partial charge in [0, 0.05) is 17.6 Å². The van der Waals surface area contributed by atoms with Crippen LogP contribution in [-0.4, -0.2) is 30.3 Å². The summed E-state index contributed by atoms with van der Waals surface area (Å²) in [6.07, 6.45) is 5.00. The van der Waals surface area contributed by atoms with Crippen molar-refractivity contribution in [1.82, 2.24) is 4.90 Å². The molecule has 2 heteroatoms. The molecule has 3 aliphatic carbocycles. The van der Waals surface area contributed by atoms with E-state index in [1.54, 1.807) is 0 Å². The number of nitrogens with zero attached hydrogens (tertiary/aromatic N) is 1. The monoisotopic (exact) mass is 381 g/mol. The lowest BCUT2D eigenvalue weighted by molar-refractivity contribution is -0.125. The van der Waals surface area contributed by atoms with Crippen LogP contribution in [-0.2, 0) is 4.79 Å². The first kappa shape index (κ1) is 18.4. The quantitative estimate of drug-likeness (QED) is 0.686. The molecular weight excluding hydrogens is 354 g/mol. The highest BCUT2D eigenvalue weighted by molar-refractivity contribution is 6.08. The lowest BCUT2D eigenvalue weighted by atomic mass is 9.64. The van der Waals surface area contributed by atoms with Gasteiger partial charge in [-0.25, -0.2) is 0 Å². The van der Waals surface area contributed by atoms with Gasteiger partial charge in [-0.15, -0.1) is 0 Å². The zero-order valence-electron chi connectivity index (χ0n) is 17.2. The summed E-state index contributed by atoms with van der Waals surface area (Å²) in [5.74, 6) is 7.80. The molecule has 3 atom stereocenters. The van der Waals surface area contributed by atoms with Crippen LogP contribution in [0.5, 0.6) is 0 Å². The lowest BCUT2D eigenvalue weighted by Gasteiger charge is -2.42. The number of carbonyl (C=O) groups excluding carboxylic acids is 1. The molecule has 2 nitrogen and oxygen atoms in total. The number of allylic oxidation sites excluding steroid dienone is 1. The van der Waals surface area contributed by atoms with Gasteiger partial charge in [-0.1, -0.05) is 73.2 Å². The first-order chi connectivity index (χ1) is 14.1. The van der Waals surface area contributed by atoms with Crippen LogP contribution in [0.1, 0.15) is 43.2 Å². The van der Waals surface area contributed by atoms with Crippen LogP contribution < -0.4 is 0 Å². The van der Waals surface area contributed by atoms with Crippen molar-refractivity contribution in [2.45, 2.75) is 37.6 Å². The molecule has 0 radical (unpaired) electrons. The second-order valence-corrected chi connectivity index (χ2v) is 8.92. The van der Waals surface area contributed by atoms with Crippen LogP contribution >= 0.6 is 0 Å². The lowest BCUT2D eigenvalue weighted by Crippen LogP contribution is -2.48. The molecule has 0 amide bonds. The maximum Gasteiger partial charge on any atom is 0.146 e. The molecule has 0 heterocycles. The molecule has 5 rings (SSSR count). The SMILES string of the molecule is CN(C)[C@@]12CC(=O)[C@@]3(CCCCC31)C(c1ccccc1)=C2C#Cc1ccccc1. The van der Waals surface area contributed by atoms with Gasteiger partial charge in [0.15, 0.2) is 0 Å². The Kier molecular flexibility index (Phi) is 4.26. The number of benzene rings is 2. The number of likely N-dealkylation sites (N-methyl/N-ethyl adjacent to an activating group) is 1. The van der Waals surface area contributed by atoms with Gasteiger partial charge in [-0.2, -0.15) is 0 Å². The molecule has 2 saturated carbocycles. The summed E-state index contributed by atoms with van der Waals surface area (Å²) in [6, 6.07) is 20.7. The fourth-order valence-electron chi connectivity index (χ4n) is 6.35. The zero-order chi connectivity index (χ0) is 20.1. The summed E-state index contributed by atoms with van der Waals surface area (Å²) in [6.45, 7) is 0. The van der Waals surface area contributed by atoms with Crippen molar-refractivity contribution in [2.75, 3.05) is 14.1 Å². The topological polar surface area (TPSA) is 20.3 Å². The Labute approximate surface area is 173 Å². The van der Waals surface area contributed by atoms with E-state index in [0.717, 1.165) is 24.8 Å². The molecule has 0 aromatic heterocycles. The summed E-state index contributed by atoms with van der Waals surface area (Å²) in [4.78, 5) is 15.9. The molecule has 0 aliphatic heterocycles. The molecule has 1 unspecified atom stereocenters. The van der Waals surface area contributed by atoms with Gasteiger partial charge in [-0.05, 0) is 56.1 Å². The highest BCUT2D eigenvalue weighted by Crippen LogP contribution is 2.70. The van der Waals surface area contributed by atoms with Crippen molar-refractivity contribution in [1.29, 1.82) is 0 Å². The number of hydrogen-bond donors (Lipinski definition) is 0. The van der Waals surface area contributed by atoms with Crippen LogP contribution in [0.2, 0.25) is 0 Å². The summed E-state index contributed by atoms with van der Waals surface area (Å²) in [7, 11) is 4.27. The molecule has 2 aromatic rings. The molecule has 3 aliphatic rings. The third-order valence-corrected chi connectivity index (χ3v) is 7.51. The summed E-state index contributed by atoms with van der Waals surface area (Å²) in [5.41, 5.74) is 3.97. The average molecular weight is 382 g/mol. The molecule has 2 bridgehead atoms. The van der Waals surface area contributed by atoms with Gasteiger partial charge in [0.1, 0.15) is 5.78 Å². The Morgan fingerprint density at radius 2 is 1.62 bits per heavy atom. The summed E-state index contributed by atoms with van der Waals surface area (Å²) >= 11 is 0. The Morgan fingerprint density at radius 3 is 2.31 bits per heavy atom. The van der Waals surface area contributed by atoms with E-state index >= 15 is 0 Å². The van der Waals surface area contributed by atoms with Gasteiger partial charge < -0.3 is 0 Å². The summed E-state index contributed by atoms with van der Waals surface area (Å²) < 4.78 is 0. The minimum absolute atomic E-state index is 0.273. The Balaban J connectivity index is 1.80. The van der Waals surface area contributed by atoms with Crippen molar-refractivity contribution in [3.05, 3.63) is 77.4 Å². The van der Waals surface area contributed by atoms with Crippen molar-refractivity contribution in [3.8, 4) is 11.8 Å². The van der Waals surface area contributed by atoms with Crippen molar-refractivity contribution in [2.24, 2.45) is 11.3 Å². The standard InChI is InChI=1S/C27H27NO/c1-28(2)27-19-24(29)26(18-10-9-15-23(26)27)25(21-13-7-4-8-14-21)22(27)17-16-20-11-5-3-6-12-20/h3-8,11-14,23H,9-10,15,18-19H2,1-2H3/t23?,26-,27+/m0/s1. The minimum Gasteiger partial charge on any atom is -0.299 e. The first-order valence-corrected chi connectivity index (χ1v) is 10.7. The molecule has 2 aromatic carbocycles. The Morgan fingerprint density at radius 1 is 0.931 bits per heavy atom. The number of Topliss-reactive ketones (excluding diaryl/α,β-unsaturated/α-hetero) is 1. The highest BCUT2D eigenvalue weighted by Gasteiger charge is 2.71. The number of carbonyl (C=O) groups is 1. The first-order valence-electron chi connectivity index (χ1n) is 10.7. The largest absolute Gasteiger partial charge is 0.299 e. The van der Waals surface area contributed by atoms with E-state index in [9.17, 15) is 4.79 Å². The van der Waals surface area contributed by atoms with Crippen LogP contribution in [0.15, 0.2) is 66.2 Å². The molecule has 0 N–H and O–H groups in total. The Hall–Kier alpha value is -2.63. The predicted octanol–water partition coefficient (Wildman–Crippen LogP) is 4.96. The van der Waals surface area contributed by atoms with E-state index in [1.165, 1.54) is 23.1 Å². The van der Waals surface area contributed by atoms with E-state index in [-0.39, 0.29) is 11.0 Å². The third kappa shape index (κ3) is 2.44. The molecular formula is C27H27NO. The van der Waals surface area contributed by atoms with Crippen molar-refractivity contribution in [3.63, 3.8) is 0 Å². The minimum atomic E-state index is -0.357. The van der Waals surface area contributed by atoms with E-state index < -0.39 is 0 Å². The van der Waals surface area contributed by atoms with Gasteiger partial charge in [-0.3, -0.25) is 9.69 Å². The van der Waals surface area contributed by atoms with E-state index in [4.69, 9.17) is 0 Å². The Bertz CT molecular complexity index is 1040. The fraction of sp³-hybridized carbons (Fsp3) is 0.370. The van der Waals surface area contributed by atoms with Gasteiger partial charge in [0.2, 0.25) is 0 Å². The van der Waals surface area contributed by atoms with Crippen LogP contribution in [0.3, 0.4) is 0 Å². The fourth-order valence-corrected chi connectivity index (χ4v) is 6.35. The highest BCUT2D eigenvalue weighted by atomic mass is 16.1. The van der Waals surface area contributed by atoms with E-state index in [1.807, 2.05) is 24.3 Å². The number of hydrogen-bond acceptors (Lipinski definition) is 2. The third-order valence-electron chi connectivity index (χ3n) is 7.51. The second-order valence-electron chi connectivity index (χ2n) is 8.92. The van der Waals surface area contributed by atoms with Crippen LogP contribution in [0.25, 0.3) is 5.57 Å². The van der Waals surface area contributed by atoms with Crippen molar-refractivity contribution < 1.29 is 4.79 Å². The van der Waals surface area contributed by atoms with Gasteiger partial charge >= 0.3 is 0 Å². The predicted molar refractivity (Wildman–Crippen MR) is 117 cm³/mol. The summed E-state index contributed by atoms with van der Waals surface area (Å²) in [5, 5.41) is 0. The van der Waals surface area contributed by atoms with Gasteiger partial charge in [0.25, 0.3) is 0 Å². The van der Waals surface area contributed by atoms with Crippen LogP contribution in [0, 0.1) is 23.2 Å². The average Bonchev–Trinajstić information content (AvgIpc) is 3.17. The van der Waals surface area contributed by atoms with Crippen molar-refractivity contribution >= 4 is 11.4 Å². The maximum absolute atomic E-state index is 13.6. The number of rotatable bonds is 2. The van der Waals surface area contributed by atoms with E-state index in [0.29, 0.717) is 18.1 Å².